The predicted octanol–water partition coefficient (Wildman–Crippen LogP) is 2.19. The zero-order chi connectivity index (χ0) is 14.1. The minimum atomic E-state index is -5.01. The second-order valence-electron chi connectivity index (χ2n) is 3.23. The van der Waals surface area contributed by atoms with Crippen molar-refractivity contribution in [3.8, 4) is 0 Å². The van der Waals surface area contributed by atoms with Gasteiger partial charge in [-0.15, -0.1) is 0 Å². The Balaban J connectivity index is 3.59. The molecule has 1 heterocycles. The monoisotopic (exact) mass is 270 g/mol. The first-order valence-corrected chi connectivity index (χ1v) is 4.51. The lowest BCUT2D eigenvalue weighted by Crippen LogP contribution is -2.18. The van der Waals surface area contributed by atoms with Crippen molar-refractivity contribution in [3.63, 3.8) is 0 Å². The number of hydrogen-bond acceptors (Lipinski definition) is 3. The molecule has 0 spiro atoms. The number of halogens is 5. The molecule has 3 N–H and O–H groups in total. The first-order valence-electron chi connectivity index (χ1n) is 4.51. The van der Waals surface area contributed by atoms with Crippen molar-refractivity contribution in [2.75, 3.05) is 0 Å². The van der Waals surface area contributed by atoms with E-state index >= 15 is 0 Å². The van der Waals surface area contributed by atoms with Crippen LogP contribution in [0, 0.1) is 0 Å². The molecule has 0 radical (unpaired) electrons. The molecule has 0 saturated carbocycles. The number of aromatic carboxylic acids is 1. The molecule has 0 aromatic carbocycles. The van der Waals surface area contributed by atoms with E-state index in [1.165, 1.54) is 0 Å². The van der Waals surface area contributed by atoms with Crippen LogP contribution in [-0.4, -0.2) is 16.1 Å². The Morgan fingerprint density at radius 2 is 2.00 bits per heavy atom. The van der Waals surface area contributed by atoms with Gasteiger partial charge in [-0.3, -0.25) is 0 Å². The third-order valence-electron chi connectivity index (χ3n) is 2.09. The fraction of sp³-hybridized carbons (Fsp3) is 0.333. The molecule has 1 rings (SSSR count). The molecule has 4 nitrogen and oxygen atoms in total. The SMILES string of the molecule is NCc1c(C(F)F)cc(C(F)(F)F)nc1C(=O)O. The van der Waals surface area contributed by atoms with E-state index in [0.717, 1.165) is 0 Å². The topological polar surface area (TPSA) is 76.2 Å². The minimum absolute atomic E-state index is 0.110. The van der Waals surface area contributed by atoms with Gasteiger partial charge in [0.2, 0.25) is 0 Å². The first-order chi connectivity index (χ1) is 8.18. The number of pyridine rings is 1. The summed E-state index contributed by atoms with van der Waals surface area (Å²) in [5.41, 5.74) is 0.594. The first kappa shape index (κ1) is 14.3. The number of aromatic nitrogens is 1. The van der Waals surface area contributed by atoms with Crippen molar-refractivity contribution >= 4 is 5.97 Å². The van der Waals surface area contributed by atoms with Gasteiger partial charge in [0.15, 0.2) is 5.69 Å². The van der Waals surface area contributed by atoms with E-state index in [4.69, 9.17) is 10.8 Å². The van der Waals surface area contributed by atoms with Crippen molar-refractivity contribution in [3.05, 3.63) is 28.6 Å². The summed E-state index contributed by atoms with van der Waals surface area (Å²) in [6, 6.07) is 0.110. The summed E-state index contributed by atoms with van der Waals surface area (Å²) in [5.74, 6) is -1.84. The van der Waals surface area contributed by atoms with Crippen LogP contribution in [0.5, 0.6) is 0 Å². The molecular weight excluding hydrogens is 263 g/mol. The van der Waals surface area contributed by atoms with Crippen LogP contribution in [0.1, 0.15) is 33.7 Å². The van der Waals surface area contributed by atoms with Gasteiger partial charge in [-0.1, -0.05) is 0 Å². The van der Waals surface area contributed by atoms with E-state index in [9.17, 15) is 26.7 Å². The van der Waals surface area contributed by atoms with Crippen LogP contribution in [0.25, 0.3) is 0 Å². The molecule has 0 fully saturated rings. The molecule has 0 aliphatic carbocycles. The molecule has 0 aliphatic heterocycles. The largest absolute Gasteiger partial charge is 0.477 e. The molecule has 0 atom stereocenters. The molecule has 1 aromatic heterocycles. The molecule has 0 amide bonds. The molecule has 0 aliphatic rings. The Bertz CT molecular complexity index is 473. The molecule has 1 aromatic rings. The van der Waals surface area contributed by atoms with Crippen LogP contribution in [0.4, 0.5) is 22.0 Å². The van der Waals surface area contributed by atoms with Gasteiger partial charge in [0, 0.05) is 17.7 Å². The van der Waals surface area contributed by atoms with Crippen molar-refractivity contribution in [1.29, 1.82) is 0 Å². The smallest absolute Gasteiger partial charge is 0.433 e. The van der Waals surface area contributed by atoms with Gasteiger partial charge in [-0.2, -0.15) is 13.2 Å². The highest BCUT2D eigenvalue weighted by atomic mass is 19.4. The van der Waals surface area contributed by atoms with Crippen LogP contribution in [0.3, 0.4) is 0 Å². The maximum absolute atomic E-state index is 12.6. The molecule has 9 heteroatoms. The van der Waals surface area contributed by atoms with Gasteiger partial charge in [-0.05, 0) is 6.07 Å². The summed E-state index contributed by atoms with van der Waals surface area (Å²) in [6.07, 6.45) is -8.29. The summed E-state index contributed by atoms with van der Waals surface area (Å²) in [5, 5.41) is 8.66. The zero-order valence-electron chi connectivity index (χ0n) is 8.63. The maximum Gasteiger partial charge on any atom is 0.433 e. The van der Waals surface area contributed by atoms with Gasteiger partial charge in [0.1, 0.15) is 5.69 Å². The third-order valence-corrected chi connectivity index (χ3v) is 2.09. The summed E-state index contributed by atoms with van der Waals surface area (Å²) >= 11 is 0. The van der Waals surface area contributed by atoms with Crippen LogP contribution in [0.15, 0.2) is 6.07 Å². The van der Waals surface area contributed by atoms with Crippen LogP contribution >= 0.6 is 0 Å². The number of alkyl halides is 5. The number of carbonyl (C=O) groups is 1. The molecule has 0 saturated heterocycles. The Kier molecular flexibility index (Phi) is 3.85. The summed E-state index contributed by atoms with van der Waals surface area (Å²) in [7, 11) is 0. The number of hydrogen-bond donors (Lipinski definition) is 2. The number of nitrogens with two attached hydrogens (primary N) is 1. The Morgan fingerprint density at radius 1 is 1.44 bits per heavy atom. The van der Waals surface area contributed by atoms with E-state index in [0.29, 0.717) is 0 Å². The van der Waals surface area contributed by atoms with E-state index < -0.39 is 47.6 Å². The van der Waals surface area contributed by atoms with Gasteiger partial charge in [-0.25, -0.2) is 18.6 Å². The van der Waals surface area contributed by atoms with Crippen molar-refractivity contribution in [1.82, 2.24) is 4.98 Å². The van der Waals surface area contributed by atoms with Crippen molar-refractivity contribution in [2.45, 2.75) is 19.1 Å². The van der Waals surface area contributed by atoms with Crippen LogP contribution < -0.4 is 5.73 Å². The van der Waals surface area contributed by atoms with E-state index in [1.807, 2.05) is 0 Å². The van der Waals surface area contributed by atoms with Crippen LogP contribution in [-0.2, 0) is 12.7 Å². The van der Waals surface area contributed by atoms with E-state index in [-0.39, 0.29) is 6.07 Å². The number of rotatable bonds is 3. The highest BCUT2D eigenvalue weighted by Crippen LogP contribution is 2.33. The van der Waals surface area contributed by atoms with Crippen LogP contribution in [0.2, 0.25) is 0 Å². The highest BCUT2D eigenvalue weighted by molar-refractivity contribution is 5.87. The summed E-state index contributed by atoms with van der Waals surface area (Å²) in [4.78, 5) is 13.5. The normalized spacial score (nSPS) is 11.9. The lowest BCUT2D eigenvalue weighted by Gasteiger charge is -2.13. The third kappa shape index (κ3) is 2.73. The number of carboxylic acids is 1. The number of carboxylic acid groups (broad SMARTS) is 1. The van der Waals surface area contributed by atoms with Gasteiger partial charge < -0.3 is 10.8 Å². The standard InChI is InChI=1S/C9H7F5N2O2/c10-7(11)3-1-5(9(12,13)14)16-6(8(17)18)4(3)2-15/h1,7H,2,15H2,(H,17,18). The van der Waals surface area contributed by atoms with Gasteiger partial charge in [0.25, 0.3) is 6.43 Å². The van der Waals surface area contributed by atoms with E-state index in [1.54, 1.807) is 0 Å². The second-order valence-corrected chi connectivity index (χ2v) is 3.23. The van der Waals surface area contributed by atoms with Crippen molar-refractivity contribution < 1.29 is 31.9 Å². The lowest BCUT2D eigenvalue weighted by atomic mass is 10.0. The molecule has 0 bridgehead atoms. The minimum Gasteiger partial charge on any atom is -0.477 e. The fourth-order valence-electron chi connectivity index (χ4n) is 1.32. The molecule has 18 heavy (non-hydrogen) atoms. The zero-order valence-corrected chi connectivity index (χ0v) is 8.63. The van der Waals surface area contributed by atoms with Gasteiger partial charge >= 0.3 is 12.1 Å². The Labute approximate surface area is 97.2 Å². The fourth-order valence-corrected chi connectivity index (χ4v) is 1.32. The van der Waals surface area contributed by atoms with E-state index in [2.05, 4.69) is 4.98 Å². The Hall–Kier alpha value is -1.77. The summed E-state index contributed by atoms with van der Waals surface area (Å²) < 4.78 is 62.3. The molecular formula is C9H7F5N2O2. The average Bonchev–Trinajstić information content (AvgIpc) is 2.25. The maximum atomic E-state index is 12.6. The van der Waals surface area contributed by atoms with Gasteiger partial charge in [0.05, 0.1) is 0 Å². The quantitative estimate of drug-likeness (QED) is 0.825. The Morgan fingerprint density at radius 3 is 2.33 bits per heavy atom. The second kappa shape index (κ2) is 4.84. The highest BCUT2D eigenvalue weighted by Gasteiger charge is 2.36. The molecule has 0 unspecified atom stereocenters. The molecule has 100 valence electrons. The number of nitrogens with zero attached hydrogens (tertiary/aromatic N) is 1. The van der Waals surface area contributed by atoms with Crippen molar-refractivity contribution in [2.24, 2.45) is 5.73 Å². The lowest BCUT2D eigenvalue weighted by molar-refractivity contribution is -0.141. The average molecular weight is 270 g/mol. The predicted molar refractivity (Wildman–Crippen MR) is 49.0 cm³/mol. The summed E-state index contributed by atoms with van der Waals surface area (Å²) in [6.45, 7) is -0.646.